The number of piperazine rings is 1. The van der Waals surface area contributed by atoms with Crippen LogP contribution in [0.5, 0.6) is 0 Å². The number of rotatable bonds is 5. The maximum absolute atomic E-state index is 13.2. The molecule has 4 rings (SSSR count). The molecule has 7 nitrogen and oxygen atoms in total. The van der Waals surface area contributed by atoms with Gasteiger partial charge in [-0.15, -0.1) is 0 Å². The molecule has 2 fully saturated rings. The first-order valence-electron chi connectivity index (χ1n) is 9.98. The maximum atomic E-state index is 13.2. The van der Waals surface area contributed by atoms with Crippen molar-refractivity contribution in [3.8, 4) is 0 Å². The minimum absolute atomic E-state index is 0.0374. The van der Waals surface area contributed by atoms with Gasteiger partial charge in [-0.2, -0.15) is 0 Å². The van der Waals surface area contributed by atoms with E-state index in [9.17, 15) is 13.2 Å². The summed E-state index contributed by atoms with van der Waals surface area (Å²) in [6.07, 6.45) is 2.29. The predicted octanol–water partition coefficient (Wildman–Crippen LogP) is 1.42. The molecule has 0 unspecified atom stereocenters. The third-order valence-electron chi connectivity index (χ3n) is 5.58. The minimum atomic E-state index is -3.07. The van der Waals surface area contributed by atoms with E-state index in [1.807, 2.05) is 48.5 Å². The van der Waals surface area contributed by atoms with Gasteiger partial charge in [0.05, 0.1) is 24.1 Å². The highest BCUT2D eigenvalue weighted by Gasteiger charge is 2.36. The lowest BCUT2D eigenvalue weighted by Gasteiger charge is -2.37. The third-order valence-corrected chi connectivity index (χ3v) is 7.33. The zero-order valence-corrected chi connectivity index (χ0v) is 17.2. The molecule has 1 amide bonds. The van der Waals surface area contributed by atoms with Gasteiger partial charge in [-0.25, -0.2) is 13.4 Å². The van der Waals surface area contributed by atoms with Crippen molar-refractivity contribution >= 4 is 27.2 Å². The van der Waals surface area contributed by atoms with Crippen molar-refractivity contribution in [1.29, 1.82) is 0 Å². The van der Waals surface area contributed by atoms with Crippen molar-refractivity contribution < 1.29 is 13.2 Å². The van der Waals surface area contributed by atoms with Crippen LogP contribution in [-0.4, -0.2) is 74.5 Å². The van der Waals surface area contributed by atoms with Crippen molar-refractivity contribution in [1.82, 2.24) is 9.88 Å². The van der Waals surface area contributed by atoms with Crippen LogP contribution in [-0.2, 0) is 14.6 Å². The first-order chi connectivity index (χ1) is 14.0. The molecule has 0 N–H and O–H groups in total. The Labute approximate surface area is 171 Å². The molecular weight excluding hydrogens is 388 g/mol. The van der Waals surface area contributed by atoms with Crippen molar-refractivity contribution in [2.75, 3.05) is 54.0 Å². The Kier molecular flexibility index (Phi) is 5.82. The van der Waals surface area contributed by atoms with Gasteiger partial charge in [0, 0.05) is 38.1 Å². The first kappa shape index (κ1) is 19.8. The van der Waals surface area contributed by atoms with Crippen LogP contribution >= 0.6 is 0 Å². The van der Waals surface area contributed by atoms with Crippen LogP contribution in [0, 0.1) is 0 Å². The van der Waals surface area contributed by atoms with Crippen LogP contribution in [0.3, 0.4) is 0 Å². The Bertz CT molecular complexity index is 929. The number of para-hydroxylation sites is 1. The number of pyridine rings is 1. The molecule has 0 spiro atoms. The lowest BCUT2D eigenvalue weighted by Crippen LogP contribution is -2.52. The summed E-state index contributed by atoms with van der Waals surface area (Å²) in [5.41, 5.74) is 0.770. The molecule has 2 aromatic rings. The second kappa shape index (κ2) is 8.51. The molecule has 0 radical (unpaired) electrons. The summed E-state index contributed by atoms with van der Waals surface area (Å²) in [7, 11) is -3.07. The number of carbonyl (C=O) groups excluding carboxylic acids is 1. The zero-order chi connectivity index (χ0) is 20.3. The van der Waals surface area contributed by atoms with Crippen LogP contribution in [0.15, 0.2) is 54.7 Å². The quantitative estimate of drug-likeness (QED) is 0.737. The summed E-state index contributed by atoms with van der Waals surface area (Å²) >= 11 is 0. The normalized spacial score (nSPS) is 21.8. The highest BCUT2D eigenvalue weighted by Crippen LogP contribution is 2.25. The van der Waals surface area contributed by atoms with Crippen LogP contribution < -0.4 is 9.80 Å². The van der Waals surface area contributed by atoms with Crippen LogP contribution in [0.1, 0.15) is 6.42 Å². The smallest absolute Gasteiger partial charge is 0.241 e. The van der Waals surface area contributed by atoms with E-state index in [1.54, 1.807) is 11.1 Å². The Hall–Kier alpha value is -2.45. The van der Waals surface area contributed by atoms with Crippen molar-refractivity contribution in [3.63, 3.8) is 0 Å². The number of anilines is 2. The fourth-order valence-electron chi connectivity index (χ4n) is 4.07. The van der Waals surface area contributed by atoms with Gasteiger partial charge >= 0.3 is 0 Å². The van der Waals surface area contributed by atoms with E-state index in [4.69, 9.17) is 0 Å². The number of sulfone groups is 1. The van der Waals surface area contributed by atoms with E-state index >= 15 is 0 Å². The molecule has 1 aromatic heterocycles. The van der Waals surface area contributed by atoms with Gasteiger partial charge in [0.15, 0.2) is 9.84 Å². The summed E-state index contributed by atoms with van der Waals surface area (Å²) in [6, 6.07) is 15.0. The molecule has 2 aliphatic rings. The molecule has 8 heteroatoms. The fraction of sp³-hybridized carbons (Fsp3) is 0.429. The fourth-order valence-corrected chi connectivity index (χ4v) is 5.77. The third kappa shape index (κ3) is 4.76. The van der Waals surface area contributed by atoms with E-state index in [2.05, 4.69) is 14.8 Å². The van der Waals surface area contributed by atoms with Gasteiger partial charge in [-0.1, -0.05) is 24.3 Å². The molecule has 1 atom stereocenters. The van der Waals surface area contributed by atoms with Gasteiger partial charge in [-0.3, -0.25) is 9.69 Å². The molecule has 154 valence electrons. The second-order valence-corrected chi connectivity index (χ2v) is 9.84. The molecule has 1 aromatic carbocycles. The van der Waals surface area contributed by atoms with Gasteiger partial charge < -0.3 is 9.80 Å². The summed E-state index contributed by atoms with van der Waals surface area (Å²) in [5.74, 6) is 1.11. The van der Waals surface area contributed by atoms with Crippen molar-refractivity contribution in [2.24, 2.45) is 0 Å². The predicted molar refractivity (Wildman–Crippen MR) is 114 cm³/mol. The molecule has 29 heavy (non-hydrogen) atoms. The standard InChI is InChI=1S/C21H26N4O3S/c26-21(16-23-11-13-24(14-12-23)20-8-4-5-10-22-20)25(18-6-2-1-3-7-18)19-9-15-29(27,28)17-19/h1-8,10,19H,9,11-17H2/t19-/m0/s1. The number of carbonyl (C=O) groups is 1. The summed E-state index contributed by atoms with van der Waals surface area (Å²) < 4.78 is 24.0. The van der Waals surface area contributed by atoms with Crippen molar-refractivity contribution in [3.05, 3.63) is 54.7 Å². The van der Waals surface area contributed by atoms with Gasteiger partial charge in [0.2, 0.25) is 5.91 Å². The van der Waals surface area contributed by atoms with E-state index in [1.165, 1.54) is 0 Å². The molecule has 2 saturated heterocycles. The van der Waals surface area contributed by atoms with E-state index in [0.29, 0.717) is 13.0 Å². The SMILES string of the molecule is O=C(CN1CCN(c2ccccn2)CC1)N(c1ccccc1)[C@H]1CCS(=O)(=O)C1. The topological polar surface area (TPSA) is 73.8 Å². The minimum Gasteiger partial charge on any atom is -0.354 e. The number of nitrogens with zero attached hydrogens (tertiary/aromatic N) is 4. The van der Waals surface area contributed by atoms with E-state index < -0.39 is 9.84 Å². The Morgan fingerprint density at radius 2 is 1.76 bits per heavy atom. The van der Waals surface area contributed by atoms with Gasteiger partial charge in [0.1, 0.15) is 5.82 Å². The van der Waals surface area contributed by atoms with Gasteiger partial charge in [0.25, 0.3) is 0 Å². The average Bonchev–Trinajstić information content (AvgIpc) is 3.09. The van der Waals surface area contributed by atoms with Crippen LogP contribution in [0.25, 0.3) is 0 Å². The van der Waals surface area contributed by atoms with Crippen LogP contribution in [0.4, 0.5) is 11.5 Å². The van der Waals surface area contributed by atoms with E-state index in [-0.39, 0.29) is 23.5 Å². The van der Waals surface area contributed by atoms with E-state index in [0.717, 1.165) is 37.7 Å². The summed E-state index contributed by atoms with van der Waals surface area (Å²) in [5, 5.41) is 0. The highest BCUT2D eigenvalue weighted by molar-refractivity contribution is 7.91. The molecule has 0 bridgehead atoms. The zero-order valence-electron chi connectivity index (χ0n) is 16.4. The molecule has 0 aliphatic carbocycles. The Balaban J connectivity index is 1.42. The number of amides is 1. The highest BCUT2D eigenvalue weighted by atomic mass is 32.2. The first-order valence-corrected chi connectivity index (χ1v) is 11.8. The summed E-state index contributed by atoms with van der Waals surface area (Å²) in [4.78, 5) is 23.7. The van der Waals surface area contributed by atoms with Crippen molar-refractivity contribution in [2.45, 2.75) is 12.5 Å². The lowest BCUT2D eigenvalue weighted by molar-refractivity contribution is -0.120. The number of aromatic nitrogens is 1. The number of hydrogen-bond acceptors (Lipinski definition) is 6. The average molecular weight is 415 g/mol. The Morgan fingerprint density at radius 1 is 1.03 bits per heavy atom. The second-order valence-electron chi connectivity index (χ2n) is 7.61. The monoisotopic (exact) mass is 414 g/mol. The number of hydrogen-bond donors (Lipinski definition) is 0. The van der Waals surface area contributed by atoms with Gasteiger partial charge in [-0.05, 0) is 30.7 Å². The summed E-state index contributed by atoms with van der Waals surface area (Å²) in [6.45, 7) is 3.46. The largest absolute Gasteiger partial charge is 0.354 e. The van der Waals surface area contributed by atoms with Crippen LogP contribution in [0.2, 0.25) is 0 Å². The molecule has 0 saturated carbocycles. The lowest BCUT2D eigenvalue weighted by atomic mass is 10.1. The Morgan fingerprint density at radius 3 is 2.38 bits per heavy atom. The number of benzene rings is 1. The maximum Gasteiger partial charge on any atom is 0.241 e. The molecular formula is C21H26N4O3S. The molecule has 3 heterocycles. The molecule has 2 aliphatic heterocycles.